The number of nitrogens with two attached hydrogens (primary N) is 1. The zero-order chi connectivity index (χ0) is 11.5. The number of hydrogen-bond donors (Lipinski definition) is 2. The Kier molecular flexibility index (Phi) is 8.19. The van der Waals surface area contributed by atoms with Crippen LogP contribution in [0, 0.1) is 5.92 Å². The van der Waals surface area contributed by atoms with Crippen LogP contribution < -0.4 is 11.1 Å². The van der Waals surface area contributed by atoms with E-state index in [0.29, 0.717) is 18.6 Å². The van der Waals surface area contributed by atoms with Crippen molar-refractivity contribution in [3.05, 3.63) is 0 Å². The smallest absolute Gasteiger partial charge is 0.224 e. The molecule has 6 heteroatoms. The second-order valence-corrected chi connectivity index (χ2v) is 5.14. The van der Waals surface area contributed by atoms with Gasteiger partial charge in [-0.1, -0.05) is 13.3 Å². The molecule has 2 saturated heterocycles. The van der Waals surface area contributed by atoms with Gasteiger partial charge in [-0.05, 0) is 25.8 Å². The SMILES string of the molecule is CC(CN)C(=O)NC1CCN2CCCCC12.Cl.Cl. The molecule has 0 aliphatic carbocycles. The Morgan fingerprint density at radius 3 is 2.72 bits per heavy atom. The highest BCUT2D eigenvalue weighted by Crippen LogP contribution is 2.27. The summed E-state index contributed by atoms with van der Waals surface area (Å²) in [5, 5.41) is 3.17. The third kappa shape index (κ3) is 3.98. The number of nitrogens with zero attached hydrogens (tertiary/aromatic N) is 1. The fourth-order valence-electron chi connectivity index (χ4n) is 2.85. The standard InChI is InChI=1S/C12H23N3O.2ClH/c1-9(8-13)12(16)14-10-5-7-15-6-3-2-4-11(10)15;;/h9-11H,2-8,13H2,1H3,(H,14,16);2*1H. The Morgan fingerprint density at radius 2 is 2.06 bits per heavy atom. The fourth-order valence-corrected chi connectivity index (χ4v) is 2.85. The highest BCUT2D eigenvalue weighted by Gasteiger charge is 2.36. The summed E-state index contributed by atoms with van der Waals surface area (Å²) >= 11 is 0. The third-order valence-electron chi connectivity index (χ3n) is 3.98. The fraction of sp³-hybridized carbons (Fsp3) is 0.917. The van der Waals surface area contributed by atoms with Crippen molar-refractivity contribution in [1.82, 2.24) is 10.2 Å². The van der Waals surface area contributed by atoms with Crippen molar-refractivity contribution in [3.63, 3.8) is 0 Å². The van der Waals surface area contributed by atoms with E-state index in [1.807, 2.05) is 6.92 Å². The molecule has 0 aromatic heterocycles. The van der Waals surface area contributed by atoms with E-state index in [0.717, 1.165) is 13.0 Å². The van der Waals surface area contributed by atoms with Crippen molar-refractivity contribution in [2.24, 2.45) is 11.7 Å². The first-order valence-electron chi connectivity index (χ1n) is 6.47. The number of hydrogen-bond acceptors (Lipinski definition) is 3. The minimum absolute atomic E-state index is 0. The predicted molar refractivity (Wildman–Crippen MR) is 78.5 cm³/mol. The van der Waals surface area contributed by atoms with Crippen LogP contribution in [-0.2, 0) is 4.79 Å². The van der Waals surface area contributed by atoms with Gasteiger partial charge in [-0.15, -0.1) is 24.8 Å². The molecular weight excluding hydrogens is 273 g/mol. The van der Waals surface area contributed by atoms with Crippen molar-refractivity contribution in [3.8, 4) is 0 Å². The minimum Gasteiger partial charge on any atom is -0.351 e. The van der Waals surface area contributed by atoms with Gasteiger partial charge < -0.3 is 11.1 Å². The quantitative estimate of drug-likeness (QED) is 0.822. The van der Waals surface area contributed by atoms with Gasteiger partial charge >= 0.3 is 0 Å². The molecule has 0 bridgehead atoms. The van der Waals surface area contributed by atoms with E-state index in [9.17, 15) is 4.79 Å². The van der Waals surface area contributed by atoms with Crippen LogP contribution in [0.5, 0.6) is 0 Å². The largest absolute Gasteiger partial charge is 0.351 e. The average Bonchev–Trinajstić information content (AvgIpc) is 2.72. The lowest BCUT2D eigenvalue weighted by atomic mass is 9.98. The van der Waals surface area contributed by atoms with Crippen LogP contribution in [-0.4, -0.2) is 42.5 Å². The van der Waals surface area contributed by atoms with Gasteiger partial charge in [0.1, 0.15) is 0 Å². The summed E-state index contributed by atoms with van der Waals surface area (Å²) in [4.78, 5) is 14.3. The molecular formula is C12H25Cl2N3O. The summed E-state index contributed by atoms with van der Waals surface area (Å²) in [7, 11) is 0. The van der Waals surface area contributed by atoms with Crippen LogP contribution in [0.1, 0.15) is 32.6 Å². The zero-order valence-corrected chi connectivity index (χ0v) is 12.6. The highest BCUT2D eigenvalue weighted by molar-refractivity contribution is 5.85. The first kappa shape index (κ1) is 18.0. The molecule has 0 aromatic carbocycles. The Balaban J connectivity index is 0.00000144. The van der Waals surface area contributed by atoms with Crippen molar-refractivity contribution in [1.29, 1.82) is 0 Å². The first-order chi connectivity index (χ1) is 7.72. The first-order valence-corrected chi connectivity index (χ1v) is 6.47. The minimum atomic E-state index is -0.0577. The summed E-state index contributed by atoms with van der Waals surface area (Å²) in [5.74, 6) is 0.0672. The summed E-state index contributed by atoms with van der Waals surface area (Å²) in [6, 6.07) is 0.949. The van der Waals surface area contributed by atoms with Crippen LogP contribution in [0.25, 0.3) is 0 Å². The molecule has 0 radical (unpaired) electrons. The molecule has 18 heavy (non-hydrogen) atoms. The van der Waals surface area contributed by atoms with E-state index in [2.05, 4.69) is 10.2 Å². The molecule has 2 aliphatic rings. The van der Waals surface area contributed by atoms with Crippen LogP contribution in [0.15, 0.2) is 0 Å². The second-order valence-electron chi connectivity index (χ2n) is 5.14. The van der Waals surface area contributed by atoms with Crippen LogP contribution in [0.2, 0.25) is 0 Å². The van der Waals surface area contributed by atoms with Gasteiger partial charge in [-0.25, -0.2) is 0 Å². The molecule has 3 atom stereocenters. The number of nitrogens with one attached hydrogen (secondary N) is 1. The third-order valence-corrected chi connectivity index (χ3v) is 3.98. The lowest BCUT2D eigenvalue weighted by Gasteiger charge is -2.32. The van der Waals surface area contributed by atoms with Crippen LogP contribution in [0.3, 0.4) is 0 Å². The Bertz CT molecular complexity index is 266. The molecule has 2 rings (SSSR count). The van der Waals surface area contributed by atoms with Gasteiger partial charge in [0.25, 0.3) is 0 Å². The predicted octanol–water partition coefficient (Wildman–Crippen LogP) is 1.17. The second kappa shape index (κ2) is 8.20. The van der Waals surface area contributed by atoms with E-state index in [1.54, 1.807) is 0 Å². The molecule has 3 N–H and O–H groups in total. The lowest BCUT2D eigenvalue weighted by Crippen LogP contribution is -2.48. The van der Waals surface area contributed by atoms with Gasteiger partial charge in [0, 0.05) is 31.1 Å². The Labute approximate surface area is 122 Å². The molecule has 3 unspecified atom stereocenters. The Hall–Kier alpha value is -0.0300. The zero-order valence-electron chi connectivity index (χ0n) is 10.9. The average molecular weight is 298 g/mol. The number of carbonyl (C=O) groups excluding carboxylic acids is 1. The molecule has 108 valence electrons. The van der Waals surface area contributed by atoms with E-state index in [1.165, 1.54) is 25.8 Å². The molecule has 0 aromatic rings. The summed E-state index contributed by atoms with van der Waals surface area (Å²) < 4.78 is 0. The number of rotatable bonds is 3. The number of halogens is 2. The van der Waals surface area contributed by atoms with Crippen molar-refractivity contribution < 1.29 is 4.79 Å². The number of carbonyl (C=O) groups is 1. The van der Waals surface area contributed by atoms with Crippen molar-refractivity contribution in [2.45, 2.75) is 44.7 Å². The van der Waals surface area contributed by atoms with E-state index in [4.69, 9.17) is 5.73 Å². The molecule has 2 fully saturated rings. The number of piperidine rings is 1. The van der Waals surface area contributed by atoms with E-state index < -0.39 is 0 Å². The van der Waals surface area contributed by atoms with Crippen LogP contribution in [0.4, 0.5) is 0 Å². The van der Waals surface area contributed by atoms with E-state index in [-0.39, 0.29) is 36.6 Å². The number of amides is 1. The van der Waals surface area contributed by atoms with Gasteiger partial charge in [-0.2, -0.15) is 0 Å². The monoisotopic (exact) mass is 297 g/mol. The molecule has 0 saturated carbocycles. The van der Waals surface area contributed by atoms with E-state index >= 15 is 0 Å². The van der Waals surface area contributed by atoms with Gasteiger partial charge in [0.05, 0.1) is 0 Å². The van der Waals surface area contributed by atoms with Crippen molar-refractivity contribution in [2.75, 3.05) is 19.6 Å². The van der Waals surface area contributed by atoms with Gasteiger partial charge in [0.2, 0.25) is 5.91 Å². The maximum atomic E-state index is 11.8. The molecule has 2 heterocycles. The molecule has 4 nitrogen and oxygen atoms in total. The van der Waals surface area contributed by atoms with Gasteiger partial charge in [-0.3, -0.25) is 9.69 Å². The maximum Gasteiger partial charge on any atom is 0.224 e. The molecule has 2 aliphatic heterocycles. The van der Waals surface area contributed by atoms with Gasteiger partial charge in [0.15, 0.2) is 0 Å². The summed E-state index contributed by atoms with van der Waals surface area (Å²) in [6.07, 6.45) is 4.96. The summed E-state index contributed by atoms with van der Waals surface area (Å²) in [6.45, 7) is 4.69. The van der Waals surface area contributed by atoms with Crippen LogP contribution >= 0.6 is 24.8 Å². The maximum absolute atomic E-state index is 11.8. The van der Waals surface area contributed by atoms with Crippen molar-refractivity contribution >= 4 is 30.7 Å². The molecule has 0 spiro atoms. The summed E-state index contributed by atoms with van der Waals surface area (Å²) in [5.41, 5.74) is 5.51. The Morgan fingerprint density at radius 1 is 1.33 bits per heavy atom. The lowest BCUT2D eigenvalue weighted by molar-refractivity contribution is -0.125. The molecule has 1 amide bonds. The highest BCUT2D eigenvalue weighted by atomic mass is 35.5. The topological polar surface area (TPSA) is 58.4 Å². The number of fused-ring (bicyclic) bond motifs is 1. The normalized spacial score (nSPS) is 28.6.